The van der Waals surface area contributed by atoms with Gasteiger partial charge in [-0.3, -0.25) is 0 Å². The molecule has 5 rings (SSSR count). The van der Waals surface area contributed by atoms with Crippen molar-refractivity contribution in [3.63, 3.8) is 0 Å². The zero-order valence-corrected chi connectivity index (χ0v) is 24.7. The van der Waals surface area contributed by atoms with Gasteiger partial charge in [-0.15, -0.1) is 0 Å². The van der Waals surface area contributed by atoms with Gasteiger partial charge >= 0.3 is 0 Å². The van der Waals surface area contributed by atoms with Gasteiger partial charge in [0.05, 0.1) is 35.5 Å². The lowest BCUT2D eigenvalue weighted by molar-refractivity contribution is 0.171. The number of hydrogen-bond donors (Lipinski definition) is 0. The summed E-state index contributed by atoms with van der Waals surface area (Å²) in [7, 11) is 8.24. The number of ether oxygens (including phenoxy) is 8. The molecule has 0 N–H and O–H groups in total. The molecule has 0 fully saturated rings. The van der Waals surface area contributed by atoms with Crippen LogP contribution in [0.3, 0.4) is 0 Å². The Morgan fingerprint density at radius 2 is 1.19 bits per heavy atom. The molecule has 8 nitrogen and oxygen atoms in total. The maximum Gasteiger partial charge on any atom is 0.231 e. The van der Waals surface area contributed by atoms with E-state index in [2.05, 4.69) is 6.07 Å². The maximum absolute atomic E-state index is 6.49. The van der Waals surface area contributed by atoms with Crippen LogP contribution in [0.2, 0.25) is 0 Å². The first-order valence-corrected chi connectivity index (χ1v) is 13.7. The molecule has 42 heavy (non-hydrogen) atoms. The molecule has 0 unspecified atom stereocenters. The summed E-state index contributed by atoms with van der Waals surface area (Å²) in [6, 6.07) is 21.8. The molecular formula is C34H36O8. The molecule has 220 valence electrons. The lowest BCUT2D eigenvalue weighted by Gasteiger charge is -2.17. The van der Waals surface area contributed by atoms with Crippen LogP contribution >= 0.6 is 0 Å². The molecule has 0 aromatic heterocycles. The molecule has 0 radical (unpaired) electrons. The molecule has 0 saturated heterocycles. The van der Waals surface area contributed by atoms with Gasteiger partial charge < -0.3 is 37.9 Å². The third kappa shape index (κ3) is 6.60. The first-order chi connectivity index (χ1) is 20.5. The summed E-state index contributed by atoms with van der Waals surface area (Å²) in [6.45, 7) is 0.133. The third-order valence-electron chi connectivity index (χ3n) is 7.22. The number of benzene rings is 4. The second-order valence-electron chi connectivity index (χ2n) is 9.82. The van der Waals surface area contributed by atoms with E-state index in [0.717, 1.165) is 65.4 Å². The van der Waals surface area contributed by atoms with Crippen LogP contribution in [0.25, 0.3) is 0 Å². The van der Waals surface area contributed by atoms with Crippen LogP contribution in [0.1, 0.15) is 22.3 Å². The Labute approximate surface area is 246 Å². The van der Waals surface area contributed by atoms with Crippen molar-refractivity contribution in [2.24, 2.45) is 0 Å². The Balaban J connectivity index is 1.40. The van der Waals surface area contributed by atoms with Crippen LogP contribution in [0.4, 0.5) is 0 Å². The predicted octanol–water partition coefficient (Wildman–Crippen LogP) is 6.82. The van der Waals surface area contributed by atoms with Gasteiger partial charge in [-0.1, -0.05) is 12.1 Å². The molecule has 1 aliphatic heterocycles. The highest BCUT2D eigenvalue weighted by atomic mass is 16.7. The number of fused-ring (bicyclic) bond motifs is 1. The average molecular weight is 573 g/mol. The quantitative estimate of drug-likeness (QED) is 0.173. The van der Waals surface area contributed by atoms with Crippen molar-refractivity contribution in [2.45, 2.75) is 25.7 Å². The summed E-state index contributed by atoms with van der Waals surface area (Å²) in [4.78, 5) is 0. The summed E-state index contributed by atoms with van der Waals surface area (Å²) in [5, 5.41) is 0. The SMILES string of the molecule is COc1cccc(CCc2cc(Oc3cc(CCc4cc(OC)cc(OC)c4)cc4c3OCO4)c(OC)cc2OC)c1. The van der Waals surface area contributed by atoms with Crippen molar-refractivity contribution < 1.29 is 37.9 Å². The van der Waals surface area contributed by atoms with E-state index in [4.69, 9.17) is 37.9 Å². The smallest absolute Gasteiger partial charge is 0.231 e. The van der Waals surface area contributed by atoms with Crippen molar-refractivity contribution in [3.05, 3.63) is 89.0 Å². The predicted molar refractivity (Wildman–Crippen MR) is 160 cm³/mol. The minimum Gasteiger partial charge on any atom is -0.497 e. The van der Waals surface area contributed by atoms with Gasteiger partial charge in [0.1, 0.15) is 23.0 Å². The molecule has 1 aliphatic rings. The molecule has 0 amide bonds. The first kappa shape index (κ1) is 28.8. The van der Waals surface area contributed by atoms with Gasteiger partial charge in [-0.2, -0.15) is 0 Å². The van der Waals surface area contributed by atoms with Gasteiger partial charge in [-0.25, -0.2) is 0 Å². The van der Waals surface area contributed by atoms with E-state index < -0.39 is 0 Å². The molecule has 1 heterocycles. The zero-order chi connectivity index (χ0) is 29.5. The fraction of sp³-hybridized carbons (Fsp3) is 0.294. The molecule has 0 saturated carbocycles. The van der Waals surface area contributed by atoms with Crippen LogP contribution in [-0.2, 0) is 25.7 Å². The van der Waals surface area contributed by atoms with E-state index in [1.165, 1.54) is 5.56 Å². The number of aryl methyl sites for hydroxylation is 4. The van der Waals surface area contributed by atoms with Crippen LogP contribution in [0, 0.1) is 0 Å². The van der Waals surface area contributed by atoms with Gasteiger partial charge in [-0.05, 0) is 90.4 Å². The van der Waals surface area contributed by atoms with E-state index in [0.29, 0.717) is 28.7 Å². The molecule has 0 atom stereocenters. The molecule has 4 aromatic carbocycles. The highest BCUT2D eigenvalue weighted by molar-refractivity contribution is 5.59. The number of methoxy groups -OCH3 is 5. The van der Waals surface area contributed by atoms with E-state index in [1.807, 2.05) is 60.7 Å². The second-order valence-corrected chi connectivity index (χ2v) is 9.82. The second kappa shape index (κ2) is 13.3. The highest BCUT2D eigenvalue weighted by Crippen LogP contribution is 2.46. The Hall–Kier alpha value is -4.72. The van der Waals surface area contributed by atoms with E-state index in [9.17, 15) is 0 Å². The maximum atomic E-state index is 6.49. The first-order valence-electron chi connectivity index (χ1n) is 13.7. The Morgan fingerprint density at radius 3 is 1.88 bits per heavy atom. The molecule has 0 bridgehead atoms. The summed E-state index contributed by atoms with van der Waals surface area (Å²) in [5.41, 5.74) is 4.30. The van der Waals surface area contributed by atoms with Gasteiger partial charge in [0.2, 0.25) is 12.5 Å². The van der Waals surface area contributed by atoms with Crippen molar-refractivity contribution >= 4 is 0 Å². The van der Waals surface area contributed by atoms with Gasteiger partial charge in [0.25, 0.3) is 0 Å². The van der Waals surface area contributed by atoms with Crippen molar-refractivity contribution in [1.82, 2.24) is 0 Å². The van der Waals surface area contributed by atoms with Crippen LogP contribution in [-0.4, -0.2) is 42.3 Å². The minimum atomic E-state index is 0.133. The zero-order valence-electron chi connectivity index (χ0n) is 24.7. The highest BCUT2D eigenvalue weighted by Gasteiger charge is 2.23. The van der Waals surface area contributed by atoms with Gasteiger partial charge in [0.15, 0.2) is 23.0 Å². The summed E-state index contributed by atoms with van der Waals surface area (Å²) in [5.74, 6) is 5.97. The van der Waals surface area contributed by atoms with Gasteiger partial charge in [0, 0.05) is 12.1 Å². The topological polar surface area (TPSA) is 73.8 Å². The lowest BCUT2D eigenvalue weighted by Crippen LogP contribution is -2.00. The molecule has 8 heteroatoms. The summed E-state index contributed by atoms with van der Waals surface area (Å²) in [6.07, 6.45) is 3.05. The Bertz CT molecular complexity index is 1510. The fourth-order valence-corrected chi connectivity index (χ4v) is 4.99. The van der Waals surface area contributed by atoms with Crippen molar-refractivity contribution in [1.29, 1.82) is 0 Å². The largest absolute Gasteiger partial charge is 0.497 e. The van der Waals surface area contributed by atoms with E-state index >= 15 is 0 Å². The number of rotatable bonds is 13. The summed E-state index contributed by atoms with van der Waals surface area (Å²) >= 11 is 0. The molecule has 0 aliphatic carbocycles. The van der Waals surface area contributed by atoms with Crippen molar-refractivity contribution in [2.75, 3.05) is 42.3 Å². The van der Waals surface area contributed by atoms with Crippen LogP contribution in [0.5, 0.6) is 51.7 Å². The average Bonchev–Trinajstić information content (AvgIpc) is 3.52. The monoisotopic (exact) mass is 572 g/mol. The normalized spacial score (nSPS) is 11.6. The Kier molecular flexibility index (Phi) is 9.12. The molecule has 4 aromatic rings. The molecular weight excluding hydrogens is 536 g/mol. The van der Waals surface area contributed by atoms with E-state index in [-0.39, 0.29) is 6.79 Å². The fourth-order valence-electron chi connectivity index (χ4n) is 4.99. The lowest BCUT2D eigenvalue weighted by atomic mass is 10.0. The van der Waals surface area contributed by atoms with Crippen molar-refractivity contribution in [3.8, 4) is 51.7 Å². The van der Waals surface area contributed by atoms with Crippen LogP contribution < -0.4 is 37.9 Å². The third-order valence-corrected chi connectivity index (χ3v) is 7.22. The standard InChI is InChI=1S/C34H36O8/c1-35-26-8-6-7-22(13-26)11-12-25-18-31(30(39-5)20-29(25)38-4)42-33-17-24(16-32-34(33)41-21-40-32)10-9-23-14-27(36-2)19-28(15-23)37-3/h6-8,13-20H,9-12,21H2,1-5H3. The number of hydrogen-bond acceptors (Lipinski definition) is 8. The molecule has 0 spiro atoms. The van der Waals surface area contributed by atoms with E-state index in [1.54, 1.807) is 35.5 Å². The Morgan fingerprint density at radius 1 is 0.524 bits per heavy atom. The summed E-state index contributed by atoms with van der Waals surface area (Å²) < 4.78 is 45.7. The van der Waals surface area contributed by atoms with Crippen LogP contribution in [0.15, 0.2) is 66.7 Å². The minimum absolute atomic E-state index is 0.133.